The summed E-state index contributed by atoms with van der Waals surface area (Å²) in [4.78, 5) is 30.1. The topological polar surface area (TPSA) is 138 Å². The number of benzene rings is 1. The molecule has 0 aliphatic carbocycles. The number of tetrazole rings is 1. The van der Waals surface area contributed by atoms with Crippen molar-refractivity contribution in [2.45, 2.75) is 13.5 Å². The van der Waals surface area contributed by atoms with Crippen LogP contribution < -0.4 is 23.0 Å². The van der Waals surface area contributed by atoms with E-state index in [0.717, 1.165) is 0 Å². The fraction of sp³-hybridized carbons (Fsp3) is 0.300. The van der Waals surface area contributed by atoms with Gasteiger partial charge in [0, 0.05) is 17.3 Å². The van der Waals surface area contributed by atoms with Crippen LogP contribution in [0.25, 0.3) is 22.6 Å². The van der Waals surface area contributed by atoms with E-state index < -0.39 is 24.0 Å². The van der Waals surface area contributed by atoms with Gasteiger partial charge in [-0.05, 0) is 29.5 Å². The third-order valence-corrected chi connectivity index (χ3v) is 4.55. The summed E-state index contributed by atoms with van der Waals surface area (Å²) >= 11 is 0. The number of hydrogen-bond acceptors (Lipinski definition) is 9. The molecule has 1 aliphatic heterocycles. The molecule has 3 heterocycles. The lowest BCUT2D eigenvalue weighted by Crippen LogP contribution is -3.00. The van der Waals surface area contributed by atoms with Crippen molar-refractivity contribution >= 4 is 17.7 Å². The van der Waals surface area contributed by atoms with Gasteiger partial charge in [-0.15, -0.1) is 10.2 Å². The second kappa shape index (κ2) is 10.8. The molecule has 1 amide bonds. The van der Waals surface area contributed by atoms with Gasteiger partial charge in [0.05, 0.1) is 25.8 Å². The maximum Gasteiger partial charge on any atom is 0.414 e. The normalized spacial score (nSPS) is 14.8. The molecule has 4 rings (SSSR count). The Bertz CT molecular complexity index is 1130. The molecule has 3 aromatic rings. The largest absolute Gasteiger partial charge is 1.00 e. The van der Waals surface area contributed by atoms with Gasteiger partial charge < -0.3 is 27.6 Å². The van der Waals surface area contributed by atoms with Crippen molar-refractivity contribution in [1.29, 1.82) is 0 Å². The molecular weight excluding hydrogens is 457 g/mol. The highest BCUT2D eigenvalue weighted by molar-refractivity contribution is 5.90. The first-order valence-corrected chi connectivity index (χ1v) is 9.29. The zero-order chi connectivity index (χ0) is 22.0. The number of hydrogen-bond donors (Lipinski definition) is 1. The summed E-state index contributed by atoms with van der Waals surface area (Å²) in [6.45, 7) is -0.253. The number of esters is 1. The van der Waals surface area contributed by atoms with Crippen molar-refractivity contribution in [3.8, 4) is 22.6 Å². The van der Waals surface area contributed by atoms with E-state index >= 15 is 0 Å². The lowest BCUT2D eigenvalue weighted by atomic mass is 10.1. The standard InChI is InChI=1S/C19H18FN7O4.CH4.ClH/c1-26-24-18(23-25-26)16-5-2-11(8-22-16)14-4-3-12(6-15(14)20)27-9-13(31-19(27)29)10-30-17(28)7-21;;/h2-6,8,13H,7,9-10,21H2,1H3;1H4;1H/p-1/t13-;;/m1../s1. The molecule has 1 atom stereocenters. The minimum atomic E-state index is -0.655. The number of halogens is 2. The Morgan fingerprint density at radius 2 is 2.12 bits per heavy atom. The van der Waals surface area contributed by atoms with E-state index in [1.54, 1.807) is 31.3 Å². The number of carbonyl (C=O) groups excluding carboxylic acids is 2. The first-order chi connectivity index (χ1) is 14.9. The number of nitrogens with two attached hydrogens (primary N) is 1. The highest BCUT2D eigenvalue weighted by Gasteiger charge is 2.33. The van der Waals surface area contributed by atoms with Crippen molar-refractivity contribution in [1.82, 2.24) is 25.2 Å². The Morgan fingerprint density at radius 1 is 1.33 bits per heavy atom. The van der Waals surface area contributed by atoms with E-state index in [1.165, 1.54) is 22.0 Å². The number of aromatic nitrogens is 5. The molecule has 1 saturated heterocycles. The number of cyclic esters (lactones) is 1. The summed E-state index contributed by atoms with van der Waals surface area (Å²) in [5.74, 6) is -0.765. The van der Waals surface area contributed by atoms with Crippen LogP contribution in [0.5, 0.6) is 0 Å². The lowest BCUT2D eigenvalue weighted by molar-refractivity contribution is -0.144. The number of amides is 1. The average Bonchev–Trinajstić information content (AvgIpc) is 3.37. The summed E-state index contributed by atoms with van der Waals surface area (Å²) in [7, 11) is 1.65. The minimum Gasteiger partial charge on any atom is -1.00 e. The Morgan fingerprint density at radius 3 is 2.73 bits per heavy atom. The fourth-order valence-corrected chi connectivity index (χ4v) is 3.04. The SMILES string of the molecule is C.Cn1nnc(-c2ccc(-c3ccc(N4C[C@H](COC(=O)CN)OC4=O)cc3F)cn2)n1.[Cl-]. The van der Waals surface area contributed by atoms with Crippen LogP contribution in [0.4, 0.5) is 14.9 Å². The maximum atomic E-state index is 14.8. The zero-order valence-corrected chi connectivity index (χ0v) is 17.6. The third-order valence-electron chi connectivity index (χ3n) is 4.55. The molecule has 0 saturated carbocycles. The van der Waals surface area contributed by atoms with E-state index in [4.69, 9.17) is 15.2 Å². The Kier molecular flexibility index (Phi) is 8.38. The molecule has 176 valence electrons. The molecule has 13 heteroatoms. The second-order valence-corrected chi connectivity index (χ2v) is 6.70. The Hall–Kier alpha value is -3.64. The zero-order valence-electron chi connectivity index (χ0n) is 16.8. The maximum absolute atomic E-state index is 14.8. The monoisotopic (exact) mass is 478 g/mol. The first kappa shape index (κ1) is 25.6. The number of ether oxygens (including phenoxy) is 2. The van der Waals surface area contributed by atoms with Crippen molar-refractivity contribution in [2.75, 3.05) is 24.6 Å². The van der Waals surface area contributed by atoms with Crippen molar-refractivity contribution in [2.24, 2.45) is 12.8 Å². The summed E-state index contributed by atoms with van der Waals surface area (Å²) < 4.78 is 24.9. The van der Waals surface area contributed by atoms with Crippen molar-refractivity contribution < 1.29 is 35.9 Å². The molecule has 2 aromatic heterocycles. The fourth-order valence-electron chi connectivity index (χ4n) is 3.04. The second-order valence-electron chi connectivity index (χ2n) is 6.70. The number of nitrogens with zero attached hydrogens (tertiary/aromatic N) is 6. The molecule has 33 heavy (non-hydrogen) atoms. The smallest absolute Gasteiger partial charge is 0.414 e. The van der Waals surface area contributed by atoms with Crippen LogP contribution in [0.15, 0.2) is 36.5 Å². The molecule has 2 N–H and O–H groups in total. The predicted octanol–water partition coefficient (Wildman–Crippen LogP) is -1.45. The van der Waals surface area contributed by atoms with Gasteiger partial charge in [-0.25, -0.2) is 9.18 Å². The van der Waals surface area contributed by atoms with Gasteiger partial charge >= 0.3 is 12.1 Å². The summed E-state index contributed by atoms with van der Waals surface area (Å²) in [5, 5.41) is 11.7. The van der Waals surface area contributed by atoms with Gasteiger partial charge in [-0.3, -0.25) is 14.7 Å². The number of pyridine rings is 1. The summed E-state index contributed by atoms with van der Waals surface area (Å²) in [6.07, 6.45) is 0.205. The van der Waals surface area contributed by atoms with Crippen LogP contribution in [0.2, 0.25) is 0 Å². The van der Waals surface area contributed by atoms with Gasteiger partial charge in [0.1, 0.15) is 18.1 Å². The highest BCUT2D eigenvalue weighted by atomic mass is 35.5. The summed E-state index contributed by atoms with van der Waals surface area (Å²) in [5.41, 5.74) is 6.87. The Labute approximate surface area is 195 Å². The molecule has 0 bridgehead atoms. The van der Waals surface area contributed by atoms with Crippen molar-refractivity contribution in [3.05, 3.63) is 42.3 Å². The molecule has 1 aliphatic rings. The van der Waals surface area contributed by atoms with Gasteiger partial charge in [-0.2, -0.15) is 4.80 Å². The minimum absolute atomic E-state index is 0. The number of anilines is 1. The number of carbonyl (C=O) groups is 2. The molecule has 0 spiro atoms. The highest BCUT2D eigenvalue weighted by Crippen LogP contribution is 2.29. The molecule has 0 unspecified atom stereocenters. The van der Waals surface area contributed by atoms with E-state index in [-0.39, 0.29) is 39.5 Å². The molecule has 1 aromatic carbocycles. The average molecular weight is 479 g/mol. The molecule has 0 radical (unpaired) electrons. The molecule has 1 fully saturated rings. The van der Waals surface area contributed by atoms with Crippen molar-refractivity contribution in [3.63, 3.8) is 0 Å². The van der Waals surface area contributed by atoms with Gasteiger partial charge in [0.2, 0.25) is 5.82 Å². The quantitative estimate of drug-likeness (QED) is 0.421. The van der Waals surface area contributed by atoms with E-state index in [9.17, 15) is 14.0 Å². The molecular formula is C20H22ClFN7O4-. The molecule has 11 nitrogen and oxygen atoms in total. The summed E-state index contributed by atoms with van der Waals surface area (Å²) in [6, 6.07) is 7.76. The van der Waals surface area contributed by atoms with Crippen LogP contribution in [-0.2, 0) is 21.3 Å². The van der Waals surface area contributed by atoms with Gasteiger partial charge in [-0.1, -0.05) is 13.5 Å². The number of aryl methyl sites for hydroxylation is 1. The van der Waals surface area contributed by atoms with Crippen LogP contribution in [0.3, 0.4) is 0 Å². The van der Waals surface area contributed by atoms with Crippen LogP contribution in [0.1, 0.15) is 7.43 Å². The van der Waals surface area contributed by atoms with Crippen LogP contribution >= 0.6 is 0 Å². The van der Waals surface area contributed by atoms with Gasteiger partial charge in [0.25, 0.3) is 0 Å². The van der Waals surface area contributed by atoms with E-state index in [0.29, 0.717) is 28.3 Å². The van der Waals surface area contributed by atoms with E-state index in [1.807, 2.05) is 0 Å². The number of rotatable bonds is 6. The predicted molar refractivity (Wildman–Crippen MR) is 112 cm³/mol. The lowest BCUT2D eigenvalue weighted by Gasteiger charge is -2.14. The third kappa shape index (κ3) is 5.59. The first-order valence-electron chi connectivity index (χ1n) is 9.29. The van der Waals surface area contributed by atoms with E-state index in [2.05, 4.69) is 20.4 Å². The Balaban J connectivity index is 0.00000193. The van der Waals surface area contributed by atoms with Gasteiger partial charge in [0.15, 0.2) is 6.10 Å². The van der Waals surface area contributed by atoms with Crippen LogP contribution in [0, 0.1) is 5.82 Å². The van der Waals surface area contributed by atoms with Crippen LogP contribution in [-0.4, -0.2) is 63.1 Å².